The summed E-state index contributed by atoms with van der Waals surface area (Å²) in [5.41, 5.74) is 2.95. The van der Waals surface area contributed by atoms with Gasteiger partial charge in [0.2, 0.25) is 0 Å². The molecule has 0 bridgehead atoms. The molecule has 1 aliphatic heterocycles. The molecule has 0 amide bonds. The third kappa shape index (κ3) is 3.82. The van der Waals surface area contributed by atoms with E-state index in [0.29, 0.717) is 6.04 Å². The van der Waals surface area contributed by atoms with Crippen LogP contribution in [0.5, 0.6) is 0 Å². The molecule has 0 radical (unpaired) electrons. The molecule has 1 aromatic rings. The van der Waals surface area contributed by atoms with Crippen molar-refractivity contribution in [1.29, 1.82) is 0 Å². The summed E-state index contributed by atoms with van der Waals surface area (Å²) in [6.07, 6.45) is 5.05. The van der Waals surface area contributed by atoms with Crippen molar-refractivity contribution in [3.8, 4) is 0 Å². The summed E-state index contributed by atoms with van der Waals surface area (Å²) in [5.74, 6) is 0. The lowest BCUT2D eigenvalue weighted by atomic mass is 10.0. The van der Waals surface area contributed by atoms with Crippen molar-refractivity contribution in [3.05, 3.63) is 35.4 Å². The molecule has 0 aliphatic carbocycles. The number of nitrogens with zero attached hydrogens (tertiary/aromatic N) is 1. The lowest BCUT2D eigenvalue weighted by molar-refractivity contribution is 0.343. The Kier molecular flexibility index (Phi) is 5.21. The number of hydrogen-bond donors (Lipinski definition) is 1. The number of likely N-dealkylation sites (tertiary alicyclic amines) is 1. The maximum atomic E-state index is 3.75. The van der Waals surface area contributed by atoms with Crippen LogP contribution in [-0.4, -0.2) is 31.1 Å². The first kappa shape index (κ1) is 13.6. The van der Waals surface area contributed by atoms with Gasteiger partial charge >= 0.3 is 0 Å². The first-order valence-electron chi connectivity index (χ1n) is 7.28. The van der Waals surface area contributed by atoms with Gasteiger partial charge < -0.3 is 10.2 Å². The second kappa shape index (κ2) is 6.91. The van der Waals surface area contributed by atoms with Gasteiger partial charge in [-0.3, -0.25) is 0 Å². The van der Waals surface area contributed by atoms with Crippen LogP contribution in [0.15, 0.2) is 24.3 Å². The zero-order valence-corrected chi connectivity index (χ0v) is 11.8. The number of aryl methyl sites for hydroxylation is 1. The molecule has 2 rings (SSSR count). The summed E-state index contributed by atoms with van der Waals surface area (Å²) in [4.78, 5) is 2.45. The second-order valence-corrected chi connectivity index (χ2v) is 5.43. The number of benzene rings is 1. The molecule has 100 valence electrons. The average Bonchev–Trinajstić information content (AvgIpc) is 2.61. The summed E-state index contributed by atoms with van der Waals surface area (Å²) >= 11 is 0. The van der Waals surface area contributed by atoms with E-state index in [1.165, 1.54) is 43.5 Å². The van der Waals surface area contributed by atoms with Crippen molar-refractivity contribution in [2.75, 3.05) is 20.1 Å². The third-order valence-electron chi connectivity index (χ3n) is 4.03. The number of nitrogens with one attached hydrogen (secondary N) is 1. The highest BCUT2D eigenvalue weighted by atomic mass is 15.1. The maximum Gasteiger partial charge on any atom is 0.0210 e. The van der Waals surface area contributed by atoms with Gasteiger partial charge in [0.1, 0.15) is 0 Å². The summed E-state index contributed by atoms with van der Waals surface area (Å²) in [5, 5.41) is 3.75. The highest BCUT2D eigenvalue weighted by Crippen LogP contribution is 2.13. The normalized spacial score (nSPS) is 21.8. The van der Waals surface area contributed by atoms with Crippen molar-refractivity contribution in [2.45, 2.75) is 45.2 Å². The maximum absolute atomic E-state index is 3.75. The van der Waals surface area contributed by atoms with E-state index >= 15 is 0 Å². The quantitative estimate of drug-likeness (QED) is 0.879. The fourth-order valence-corrected chi connectivity index (χ4v) is 2.77. The van der Waals surface area contributed by atoms with E-state index in [9.17, 15) is 0 Å². The van der Waals surface area contributed by atoms with E-state index in [4.69, 9.17) is 0 Å². The van der Waals surface area contributed by atoms with Gasteiger partial charge in [0, 0.05) is 12.6 Å². The van der Waals surface area contributed by atoms with Crippen LogP contribution >= 0.6 is 0 Å². The molecule has 1 saturated heterocycles. The lowest BCUT2D eigenvalue weighted by Gasteiger charge is -2.18. The standard InChI is InChI=1S/C16H26N2/c1-3-14-7-4-5-8-15(14)13-17-16-9-6-11-18(2)12-10-16/h4-5,7-8,16-17H,3,6,9-13H2,1-2H3. The van der Waals surface area contributed by atoms with Crippen LogP contribution in [0.2, 0.25) is 0 Å². The Morgan fingerprint density at radius 1 is 1.17 bits per heavy atom. The van der Waals surface area contributed by atoms with Crippen LogP contribution in [0.25, 0.3) is 0 Å². The summed E-state index contributed by atoms with van der Waals surface area (Å²) < 4.78 is 0. The monoisotopic (exact) mass is 246 g/mol. The summed E-state index contributed by atoms with van der Waals surface area (Å²) in [7, 11) is 2.23. The minimum atomic E-state index is 0.694. The molecule has 1 aliphatic rings. The average molecular weight is 246 g/mol. The molecular weight excluding hydrogens is 220 g/mol. The van der Waals surface area contributed by atoms with Gasteiger partial charge in [-0.25, -0.2) is 0 Å². The Hall–Kier alpha value is -0.860. The molecule has 0 saturated carbocycles. The minimum Gasteiger partial charge on any atom is -0.310 e. The number of hydrogen-bond acceptors (Lipinski definition) is 2. The zero-order chi connectivity index (χ0) is 12.8. The van der Waals surface area contributed by atoms with Gasteiger partial charge in [0.25, 0.3) is 0 Å². The molecular formula is C16H26N2. The van der Waals surface area contributed by atoms with Gasteiger partial charge in [-0.2, -0.15) is 0 Å². The van der Waals surface area contributed by atoms with E-state index in [2.05, 4.69) is 48.5 Å². The van der Waals surface area contributed by atoms with Gasteiger partial charge in [-0.1, -0.05) is 31.2 Å². The molecule has 18 heavy (non-hydrogen) atoms. The Morgan fingerprint density at radius 3 is 2.72 bits per heavy atom. The van der Waals surface area contributed by atoms with Gasteiger partial charge in [-0.15, -0.1) is 0 Å². The largest absolute Gasteiger partial charge is 0.310 e. The molecule has 2 nitrogen and oxygen atoms in total. The Bertz CT molecular complexity index is 362. The van der Waals surface area contributed by atoms with Gasteiger partial charge in [-0.05, 0) is 56.9 Å². The number of rotatable bonds is 4. The van der Waals surface area contributed by atoms with E-state index < -0.39 is 0 Å². The minimum absolute atomic E-state index is 0.694. The van der Waals surface area contributed by atoms with Gasteiger partial charge in [0.15, 0.2) is 0 Å². The van der Waals surface area contributed by atoms with Crippen LogP contribution in [-0.2, 0) is 13.0 Å². The molecule has 1 atom stereocenters. The highest BCUT2D eigenvalue weighted by molar-refractivity contribution is 5.26. The van der Waals surface area contributed by atoms with E-state index in [0.717, 1.165) is 13.0 Å². The molecule has 1 unspecified atom stereocenters. The van der Waals surface area contributed by atoms with Crippen molar-refractivity contribution in [1.82, 2.24) is 10.2 Å². The van der Waals surface area contributed by atoms with E-state index in [1.54, 1.807) is 0 Å². The Balaban J connectivity index is 1.87. The molecule has 1 N–H and O–H groups in total. The van der Waals surface area contributed by atoms with Crippen molar-refractivity contribution < 1.29 is 0 Å². The Labute approximate surface area is 111 Å². The smallest absolute Gasteiger partial charge is 0.0210 e. The zero-order valence-electron chi connectivity index (χ0n) is 11.8. The first-order valence-corrected chi connectivity index (χ1v) is 7.28. The molecule has 0 aromatic heterocycles. The summed E-state index contributed by atoms with van der Waals surface area (Å²) in [6.45, 7) is 5.74. The SMILES string of the molecule is CCc1ccccc1CNC1CCCN(C)CC1. The predicted octanol–water partition coefficient (Wildman–Crippen LogP) is 2.82. The third-order valence-corrected chi connectivity index (χ3v) is 4.03. The molecule has 0 spiro atoms. The van der Waals surface area contributed by atoms with Crippen LogP contribution in [0, 0.1) is 0 Å². The van der Waals surface area contributed by atoms with Gasteiger partial charge in [0.05, 0.1) is 0 Å². The molecule has 2 heteroatoms. The highest BCUT2D eigenvalue weighted by Gasteiger charge is 2.14. The van der Waals surface area contributed by atoms with Crippen LogP contribution < -0.4 is 5.32 Å². The van der Waals surface area contributed by atoms with Crippen molar-refractivity contribution in [2.24, 2.45) is 0 Å². The lowest BCUT2D eigenvalue weighted by Crippen LogP contribution is -2.30. The van der Waals surface area contributed by atoms with Crippen LogP contribution in [0.1, 0.15) is 37.3 Å². The molecule has 1 aromatic carbocycles. The van der Waals surface area contributed by atoms with E-state index in [1.807, 2.05) is 0 Å². The van der Waals surface area contributed by atoms with Crippen LogP contribution in [0.3, 0.4) is 0 Å². The second-order valence-electron chi connectivity index (χ2n) is 5.43. The first-order chi connectivity index (χ1) is 8.79. The summed E-state index contributed by atoms with van der Waals surface area (Å²) in [6, 6.07) is 9.49. The molecule has 1 fully saturated rings. The topological polar surface area (TPSA) is 15.3 Å². The van der Waals surface area contributed by atoms with Crippen molar-refractivity contribution >= 4 is 0 Å². The van der Waals surface area contributed by atoms with Crippen molar-refractivity contribution in [3.63, 3.8) is 0 Å². The van der Waals surface area contributed by atoms with Crippen LogP contribution in [0.4, 0.5) is 0 Å². The fraction of sp³-hybridized carbons (Fsp3) is 0.625. The fourth-order valence-electron chi connectivity index (χ4n) is 2.77. The molecule has 1 heterocycles. The van der Waals surface area contributed by atoms with E-state index in [-0.39, 0.29) is 0 Å². The Morgan fingerprint density at radius 2 is 1.94 bits per heavy atom. The predicted molar refractivity (Wildman–Crippen MR) is 77.8 cm³/mol.